The molecule has 2 aromatic rings. The van der Waals surface area contributed by atoms with Crippen LogP contribution in [0.1, 0.15) is 15.9 Å². The van der Waals surface area contributed by atoms with Crippen molar-refractivity contribution in [3.05, 3.63) is 65.0 Å². The normalized spacial score (nSPS) is 10.5. The second-order valence-corrected chi connectivity index (χ2v) is 4.31. The predicted octanol–water partition coefficient (Wildman–Crippen LogP) is 3.50. The van der Waals surface area contributed by atoms with E-state index in [0.29, 0.717) is 6.61 Å². The zero-order chi connectivity index (χ0) is 15.4. The molecule has 2 aromatic carbocycles. The molecule has 0 heterocycles. The number of ether oxygens (including phenoxy) is 1. The average molecular weight is 295 g/mol. The highest BCUT2D eigenvalue weighted by molar-refractivity contribution is 6.04. The molecule has 3 nitrogen and oxygen atoms in total. The zero-order valence-electron chi connectivity index (χ0n) is 11.1. The number of amides is 1. The van der Waals surface area contributed by atoms with Gasteiger partial charge in [0.15, 0.2) is 17.5 Å². The molecule has 0 aliphatic heterocycles. The van der Waals surface area contributed by atoms with Crippen LogP contribution < -0.4 is 5.32 Å². The lowest BCUT2D eigenvalue weighted by Crippen LogP contribution is -2.14. The maximum atomic E-state index is 13.5. The van der Waals surface area contributed by atoms with Gasteiger partial charge in [-0.3, -0.25) is 4.79 Å². The Kier molecular flexibility index (Phi) is 4.59. The summed E-state index contributed by atoms with van der Waals surface area (Å²) in [4.78, 5) is 11.9. The van der Waals surface area contributed by atoms with Gasteiger partial charge in [0, 0.05) is 12.7 Å². The Bertz CT molecular complexity index is 657. The van der Waals surface area contributed by atoms with Crippen LogP contribution in [0.4, 0.5) is 18.9 Å². The van der Waals surface area contributed by atoms with Crippen LogP contribution in [-0.2, 0) is 11.3 Å². The minimum absolute atomic E-state index is 0.263. The Labute approximate surface area is 119 Å². The third kappa shape index (κ3) is 3.41. The summed E-state index contributed by atoms with van der Waals surface area (Å²) < 4.78 is 44.3. The molecule has 6 heteroatoms. The van der Waals surface area contributed by atoms with Gasteiger partial charge in [-0.2, -0.15) is 0 Å². The number of nitrogens with one attached hydrogen (secondary N) is 1. The molecule has 0 aliphatic rings. The molecule has 0 fully saturated rings. The third-order valence-corrected chi connectivity index (χ3v) is 2.81. The molecule has 1 amide bonds. The van der Waals surface area contributed by atoms with Gasteiger partial charge in [0.25, 0.3) is 5.91 Å². The molecule has 0 unspecified atom stereocenters. The predicted molar refractivity (Wildman–Crippen MR) is 71.4 cm³/mol. The molecule has 1 N–H and O–H groups in total. The molecule has 0 atom stereocenters. The maximum absolute atomic E-state index is 13.5. The second kappa shape index (κ2) is 6.41. The molecule has 0 radical (unpaired) electrons. The average Bonchev–Trinajstić information content (AvgIpc) is 2.49. The van der Waals surface area contributed by atoms with Crippen molar-refractivity contribution in [2.45, 2.75) is 6.61 Å². The summed E-state index contributed by atoms with van der Waals surface area (Å²) in [5.41, 5.74) is 0.715. The van der Waals surface area contributed by atoms with Gasteiger partial charge in [-0.05, 0) is 29.8 Å². The van der Waals surface area contributed by atoms with Gasteiger partial charge < -0.3 is 10.1 Å². The van der Waals surface area contributed by atoms with Crippen molar-refractivity contribution in [2.24, 2.45) is 0 Å². The first kappa shape index (κ1) is 15.1. The topological polar surface area (TPSA) is 38.3 Å². The number of rotatable bonds is 4. The lowest BCUT2D eigenvalue weighted by atomic mass is 10.1. The molecule has 0 saturated carbocycles. The standard InChI is InChI=1S/C15H12F3NO2/c1-21-8-9-2-4-10(5-3-9)15(20)19-12-7-6-11(16)13(17)14(12)18/h2-7H,8H2,1H3,(H,19,20). The summed E-state index contributed by atoms with van der Waals surface area (Å²) in [5, 5.41) is 2.19. The number of hydrogen-bond acceptors (Lipinski definition) is 2. The van der Waals surface area contributed by atoms with Crippen LogP contribution in [-0.4, -0.2) is 13.0 Å². The molecular formula is C15H12F3NO2. The van der Waals surface area contributed by atoms with Crippen LogP contribution in [0.25, 0.3) is 0 Å². The molecule has 21 heavy (non-hydrogen) atoms. The quantitative estimate of drug-likeness (QED) is 0.877. The molecule has 110 valence electrons. The van der Waals surface area contributed by atoms with E-state index in [-0.39, 0.29) is 5.56 Å². The van der Waals surface area contributed by atoms with Crippen LogP contribution in [0.2, 0.25) is 0 Å². The fraction of sp³-hybridized carbons (Fsp3) is 0.133. The van der Waals surface area contributed by atoms with E-state index in [1.54, 1.807) is 19.2 Å². The molecular weight excluding hydrogens is 283 g/mol. The molecule has 0 bridgehead atoms. The monoisotopic (exact) mass is 295 g/mol. The van der Waals surface area contributed by atoms with Crippen molar-refractivity contribution < 1.29 is 22.7 Å². The Balaban J connectivity index is 2.16. The highest BCUT2D eigenvalue weighted by Gasteiger charge is 2.15. The first-order valence-corrected chi connectivity index (χ1v) is 6.05. The number of carbonyl (C=O) groups excluding carboxylic acids is 1. The number of carbonyl (C=O) groups is 1. The highest BCUT2D eigenvalue weighted by atomic mass is 19.2. The van der Waals surface area contributed by atoms with Crippen molar-refractivity contribution in [2.75, 3.05) is 12.4 Å². The van der Waals surface area contributed by atoms with Crippen molar-refractivity contribution in [3.8, 4) is 0 Å². The van der Waals surface area contributed by atoms with E-state index < -0.39 is 29.0 Å². The minimum atomic E-state index is -1.62. The summed E-state index contributed by atoms with van der Waals surface area (Å²) in [6.07, 6.45) is 0. The van der Waals surface area contributed by atoms with Crippen LogP contribution in [0.5, 0.6) is 0 Å². The van der Waals surface area contributed by atoms with Gasteiger partial charge in [0.05, 0.1) is 12.3 Å². The van der Waals surface area contributed by atoms with Gasteiger partial charge in [0.1, 0.15) is 0 Å². The van der Waals surface area contributed by atoms with E-state index >= 15 is 0 Å². The minimum Gasteiger partial charge on any atom is -0.380 e. The number of benzene rings is 2. The lowest BCUT2D eigenvalue weighted by molar-refractivity contribution is 0.102. The molecule has 0 aromatic heterocycles. The number of anilines is 1. The van der Waals surface area contributed by atoms with Gasteiger partial charge in [-0.1, -0.05) is 12.1 Å². The molecule has 0 spiro atoms. The smallest absolute Gasteiger partial charge is 0.255 e. The maximum Gasteiger partial charge on any atom is 0.255 e. The van der Waals surface area contributed by atoms with E-state index in [9.17, 15) is 18.0 Å². The number of methoxy groups -OCH3 is 1. The Morgan fingerprint density at radius 1 is 1.05 bits per heavy atom. The van der Waals surface area contributed by atoms with Crippen LogP contribution >= 0.6 is 0 Å². The summed E-state index contributed by atoms with van der Waals surface area (Å²) >= 11 is 0. The fourth-order valence-electron chi connectivity index (χ4n) is 1.74. The summed E-state index contributed by atoms with van der Waals surface area (Å²) in [6.45, 7) is 0.402. The SMILES string of the molecule is COCc1ccc(C(=O)Nc2ccc(F)c(F)c2F)cc1. The molecule has 0 aliphatic carbocycles. The Hall–Kier alpha value is -2.34. The van der Waals surface area contributed by atoms with E-state index in [0.717, 1.165) is 17.7 Å². The first-order valence-electron chi connectivity index (χ1n) is 6.05. The van der Waals surface area contributed by atoms with Gasteiger partial charge in [-0.25, -0.2) is 13.2 Å². The van der Waals surface area contributed by atoms with Crippen molar-refractivity contribution in [1.29, 1.82) is 0 Å². The second-order valence-electron chi connectivity index (χ2n) is 4.31. The Morgan fingerprint density at radius 2 is 1.71 bits per heavy atom. The highest BCUT2D eigenvalue weighted by Crippen LogP contribution is 2.20. The number of hydrogen-bond donors (Lipinski definition) is 1. The Morgan fingerprint density at radius 3 is 2.33 bits per heavy atom. The van der Waals surface area contributed by atoms with Crippen molar-refractivity contribution >= 4 is 11.6 Å². The lowest BCUT2D eigenvalue weighted by Gasteiger charge is -2.08. The van der Waals surface area contributed by atoms with Crippen LogP contribution in [0.15, 0.2) is 36.4 Å². The zero-order valence-corrected chi connectivity index (χ0v) is 11.1. The summed E-state index contributed by atoms with van der Waals surface area (Å²) in [5.74, 6) is -4.99. The van der Waals surface area contributed by atoms with Gasteiger partial charge in [0.2, 0.25) is 0 Å². The third-order valence-electron chi connectivity index (χ3n) is 2.81. The van der Waals surface area contributed by atoms with Crippen LogP contribution in [0.3, 0.4) is 0 Å². The van der Waals surface area contributed by atoms with Gasteiger partial charge in [-0.15, -0.1) is 0 Å². The van der Waals surface area contributed by atoms with E-state index in [2.05, 4.69) is 5.32 Å². The largest absolute Gasteiger partial charge is 0.380 e. The van der Waals surface area contributed by atoms with E-state index in [1.807, 2.05) is 0 Å². The van der Waals surface area contributed by atoms with E-state index in [1.165, 1.54) is 12.1 Å². The summed E-state index contributed by atoms with van der Waals surface area (Å²) in [7, 11) is 1.55. The summed E-state index contributed by atoms with van der Waals surface area (Å²) in [6, 6.07) is 8.13. The van der Waals surface area contributed by atoms with Crippen LogP contribution in [0, 0.1) is 17.5 Å². The van der Waals surface area contributed by atoms with Crippen molar-refractivity contribution in [1.82, 2.24) is 0 Å². The van der Waals surface area contributed by atoms with E-state index in [4.69, 9.17) is 4.74 Å². The first-order chi connectivity index (χ1) is 10.0. The van der Waals surface area contributed by atoms with Crippen molar-refractivity contribution in [3.63, 3.8) is 0 Å². The van der Waals surface area contributed by atoms with Gasteiger partial charge >= 0.3 is 0 Å². The fourth-order valence-corrected chi connectivity index (χ4v) is 1.74. The molecule has 2 rings (SSSR count). The number of halogens is 3. The molecule has 0 saturated heterocycles.